The van der Waals surface area contributed by atoms with Crippen molar-refractivity contribution >= 4 is 16.6 Å². The molecule has 0 atom stereocenters. The first-order chi connectivity index (χ1) is 11.5. The second kappa shape index (κ2) is 8.20. The molecule has 1 aromatic heterocycles. The molecule has 0 fully saturated rings. The van der Waals surface area contributed by atoms with E-state index in [0.717, 1.165) is 65.5 Å². The number of nitrogens with one attached hydrogen (secondary N) is 1. The number of benzene rings is 1. The van der Waals surface area contributed by atoms with Crippen molar-refractivity contribution in [3.8, 4) is 11.5 Å². The molecule has 0 amide bonds. The van der Waals surface area contributed by atoms with E-state index in [2.05, 4.69) is 42.0 Å². The minimum atomic E-state index is 0.767. The number of fused-ring (bicyclic) bond motifs is 1. The molecule has 5 nitrogen and oxygen atoms in total. The molecule has 132 valence electrons. The van der Waals surface area contributed by atoms with E-state index in [4.69, 9.17) is 9.47 Å². The van der Waals surface area contributed by atoms with E-state index in [0.29, 0.717) is 0 Å². The average Bonchev–Trinajstić information content (AvgIpc) is 2.57. The number of aryl methyl sites for hydroxylation is 2. The molecule has 1 heterocycles. The van der Waals surface area contributed by atoms with Crippen molar-refractivity contribution in [3.05, 3.63) is 23.4 Å². The number of methoxy groups -OCH3 is 2. The summed E-state index contributed by atoms with van der Waals surface area (Å²) in [6.45, 7) is 12.4. The fourth-order valence-electron chi connectivity index (χ4n) is 3.09. The van der Waals surface area contributed by atoms with Gasteiger partial charge in [0, 0.05) is 24.8 Å². The molecule has 0 aliphatic rings. The Morgan fingerprint density at radius 1 is 1.08 bits per heavy atom. The molecule has 0 aliphatic carbocycles. The molecule has 0 radical (unpaired) electrons. The van der Waals surface area contributed by atoms with Gasteiger partial charge in [0.05, 0.1) is 25.3 Å². The second-order valence-corrected chi connectivity index (χ2v) is 5.92. The maximum Gasteiger partial charge on any atom is 0.151 e. The molecule has 1 aromatic carbocycles. The number of hydrogen-bond acceptors (Lipinski definition) is 5. The lowest BCUT2D eigenvalue weighted by Gasteiger charge is -2.21. The molecule has 0 saturated heterocycles. The van der Waals surface area contributed by atoms with Gasteiger partial charge < -0.3 is 19.7 Å². The Bertz CT molecular complexity index is 697. The summed E-state index contributed by atoms with van der Waals surface area (Å²) >= 11 is 0. The molecule has 0 spiro atoms. The van der Waals surface area contributed by atoms with Gasteiger partial charge in [0.2, 0.25) is 0 Å². The predicted octanol–water partition coefficient (Wildman–Crippen LogP) is 3.62. The van der Waals surface area contributed by atoms with Crippen molar-refractivity contribution in [3.63, 3.8) is 0 Å². The SMILES string of the molecule is CCN(CC)CCNc1cc(OC)c2nc(C)cc(C)c2c1OC. The number of likely N-dealkylation sites (N-methyl/N-ethyl adjacent to an activating group) is 1. The highest BCUT2D eigenvalue weighted by Crippen LogP contribution is 2.40. The molecule has 5 heteroatoms. The van der Waals surface area contributed by atoms with Crippen molar-refractivity contribution < 1.29 is 9.47 Å². The highest BCUT2D eigenvalue weighted by molar-refractivity contribution is 5.97. The van der Waals surface area contributed by atoms with Gasteiger partial charge in [-0.15, -0.1) is 0 Å². The van der Waals surface area contributed by atoms with E-state index < -0.39 is 0 Å². The van der Waals surface area contributed by atoms with Crippen LogP contribution in [0.1, 0.15) is 25.1 Å². The molecule has 0 saturated carbocycles. The minimum Gasteiger partial charge on any atom is -0.494 e. The topological polar surface area (TPSA) is 46.6 Å². The first kappa shape index (κ1) is 18.3. The molecule has 2 rings (SSSR count). The Kier molecular flexibility index (Phi) is 6.26. The van der Waals surface area contributed by atoms with Crippen LogP contribution in [0.15, 0.2) is 12.1 Å². The van der Waals surface area contributed by atoms with Crippen LogP contribution in [0.5, 0.6) is 11.5 Å². The zero-order valence-electron chi connectivity index (χ0n) is 15.7. The number of pyridine rings is 1. The Hall–Kier alpha value is -2.01. The summed E-state index contributed by atoms with van der Waals surface area (Å²) < 4.78 is 11.3. The maximum atomic E-state index is 5.72. The summed E-state index contributed by atoms with van der Waals surface area (Å²) in [5.41, 5.74) is 3.91. The van der Waals surface area contributed by atoms with Crippen LogP contribution >= 0.6 is 0 Å². The highest BCUT2D eigenvalue weighted by atomic mass is 16.5. The summed E-state index contributed by atoms with van der Waals surface area (Å²) in [5, 5.41) is 4.50. The minimum absolute atomic E-state index is 0.767. The molecule has 24 heavy (non-hydrogen) atoms. The van der Waals surface area contributed by atoms with Gasteiger partial charge in [0.15, 0.2) is 5.75 Å². The van der Waals surface area contributed by atoms with Crippen molar-refractivity contribution in [2.75, 3.05) is 45.7 Å². The number of nitrogens with zero attached hydrogens (tertiary/aromatic N) is 2. The third-order valence-electron chi connectivity index (χ3n) is 4.39. The van der Waals surface area contributed by atoms with Gasteiger partial charge in [-0.25, -0.2) is 4.98 Å². The Labute approximate surface area is 145 Å². The Balaban J connectivity index is 2.43. The van der Waals surface area contributed by atoms with Crippen molar-refractivity contribution in [1.82, 2.24) is 9.88 Å². The molecule has 0 unspecified atom stereocenters. The fraction of sp³-hybridized carbons (Fsp3) is 0.526. The summed E-state index contributed by atoms with van der Waals surface area (Å²) in [6.07, 6.45) is 0. The Morgan fingerprint density at radius 3 is 2.38 bits per heavy atom. The molecular formula is C19H29N3O2. The lowest BCUT2D eigenvalue weighted by Crippen LogP contribution is -2.28. The van der Waals surface area contributed by atoms with Crippen molar-refractivity contribution in [1.29, 1.82) is 0 Å². The molecule has 0 aliphatic heterocycles. The van der Waals surface area contributed by atoms with Crippen LogP contribution in [-0.2, 0) is 0 Å². The van der Waals surface area contributed by atoms with Gasteiger partial charge in [0.25, 0.3) is 0 Å². The summed E-state index contributed by atoms with van der Waals surface area (Å²) in [5.74, 6) is 1.60. The number of anilines is 1. The monoisotopic (exact) mass is 331 g/mol. The lowest BCUT2D eigenvalue weighted by atomic mass is 10.1. The van der Waals surface area contributed by atoms with Crippen molar-refractivity contribution in [2.45, 2.75) is 27.7 Å². The molecule has 0 bridgehead atoms. The smallest absolute Gasteiger partial charge is 0.151 e. The number of hydrogen-bond donors (Lipinski definition) is 1. The summed E-state index contributed by atoms with van der Waals surface area (Å²) in [4.78, 5) is 7.03. The van der Waals surface area contributed by atoms with Gasteiger partial charge in [-0.3, -0.25) is 0 Å². The van der Waals surface area contributed by atoms with E-state index in [1.165, 1.54) is 0 Å². The zero-order valence-corrected chi connectivity index (χ0v) is 15.7. The molecular weight excluding hydrogens is 302 g/mol. The third-order valence-corrected chi connectivity index (χ3v) is 4.39. The van der Waals surface area contributed by atoms with E-state index in [1.54, 1.807) is 14.2 Å². The first-order valence-corrected chi connectivity index (χ1v) is 8.54. The van der Waals surface area contributed by atoms with Crippen LogP contribution in [0.4, 0.5) is 5.69 Å². The standard InChI is InChI=1S/C19H29N3O2/c1-7-22(8-2)10-9-20-15-12-16(23-5)18-17(19(15)24-6)13(3)11-14(4)21-18/h11-12,20H,7-10H2,1-6H3. The Morgan fingerprint density at radius 2 is 1.79 bits per heavy atom. The van der Waals surface area contributed by atoms with E-state index >= 15 is 0 Å². The fourth-order valence-corrected chi connectivity index (χ4v) is 3.09. The quantitative estimate of drug-likeness (QED) is 0.800. The van der Waals surface area contributed by atoms with Gasteiger partial charge in [-0.2, -0.15) is 0 Å². The van der Waals surface area contributed by atoms with Crippen LogP contribution in [0, 0.1) is 13.8 Å². The lowest BCUT2D eigenvalue weighted by molar-refractivity contribution is 0.316. The predicted molar refractivity (Wildman–Crippen MR) is 101 cm³/mol. The third kappa shape index (κ3) is 3.73. The second-order valence-electron chi connectivity index (χ2n) is 5.92. The normalized spacial score (nSPS) is 11.1. The van der Waals surface area contributed by atoms with E-state index in [-0.39, 0.29) is 0 Å². The summed E-state index contributed by atoms with van der Waals surface area (Å²) in [7, 11) is 3.39. The summed E-state index contributed by atoms with van der Waals surface area (Å²) in [6, 6.07) is 4.05. The van der Waals surface area contributed by atoms with Crippen LogP contribution < -0.4 is 14.8 Å². The van der Waals surface area contributed by atoms with Crippen LogP contribution in [0.3, 0.4) is 0 Å². The molecule has 2 aromatic rings. The number of rotatable bonds is 8. The van der Waals surface area contributed by atoms with E-state index in [9.17, 15) is 0 Å². The van der Waals surface area contributed by atoms with Crippen LogP contribution in [0.2, 0.25) is 0 Å². The largest absolute Gasteiger partial charge is 0.494 e. The number of ether oxygens (including phenoxy) is 2. The van der Waals surface area contributed by atoms with Gasteiger partial charge in [0.1, 0.15) is 11.3 Å². The average molecular weight is 331 g/mol. The zero-order chi connectivity index (χ0) is 17.7. The van der Waals surface area contributed by atoms with Gasteiger partial charge in [-0.1, -0.05) is 13.8 Å². The molecule has 1 N–H and O–H groups in total. The van der Waals surface area contributed by atoms with Crippen LogP contribution in [0.25, 0.3) is 10.9 Å². The van der Waals surface area contributed by atoms with Crippen molar-refractivity contribution in [2.24, 2.45) is 0 Å². The highest BCUT2D eigenvalue weighted by Gasteiger charge is 2.17. The van der Waals surface area contributed by atoms with Gasteiger partial charge >= 0.3 is 0 Å². The van der Waals surface area contributed by atoms with E-state index in [1.807, 2.05) is 13.0 Å². The maximum absolute atomic E-state index is 5.72. The van der Waals surface area contributed by atoms with Crippen LogP contribution in [-0.4, -0.2) is 50.3 Å². The van der Waals surface area contributed by atoms with Gasteiger partial charge in [-0.05, 0) is 38.6 Å². The number of aromatic nitrogens is 1. The first-order valence-electron chi connectivity index (χ1n) is 8.54.